The Bertz CT molecular complexity index is 898. The van der Waals surface area contributed by atoms with Crippen LogP contribution in [0.15, 0.2) is 42.5 Å². The van der Waals surface area contributed by atoms with Crippen LogP contribution in [0, 0.1) is 0 Å². The highest BCUT2D eigenvalue weighted by atomic mass is 16.2. The lowest BCUT2D eigenvalue weighted by molar-refractivity contribution is -0.133. The number of nitrogens with one attached hydrogen (secondary N) is 1. The summed E-state index contributed by atoms with van der Waals surface area (Å²) in [5.41, 5.74) is 1.84. The Morgan fingerprint density at radius 3 is 2.47 bits per heavy atom. The van der Waals surface area contributed by atoms with Crippen LogP contribution in [0.4, 0.5) is 0 Å². The molecule has 4 rings (SSSR count). The first-order valence-corrected chi connectivity index (χ1v) is 11.4. The molecule has 2 aromatic rings. The van der Waals surface area contributed by atoms with Gasteiger partial charge in [-0.25, -0.2) is 0 Å². The molecule has 1 aromatic heterocycles. The molecule has 2 heterocycles. The Labute approximate surface area is 179 Å². The van der Waals surface area contributed by atoms with Gasteiger partial charge in [0.15, 0.2) is 0 Å². The zero-order valence-corrected chi connectivity index (χ0v) is 18.2. The van der Waals surface area contributed by atoms with Gasteiger partial charge in [-0.3, -0.25) is 9.59 Å². The van der Waals surface area contributed by atoms with Gasteiger partial charge in [0.2, 0.25) is 5.91 Å². The van der Waals surface area contributed by atoms with Crippen molar-refractivity contribution in [2.24, 2.45) is 0 Å². The zero-order chi connectivity index (χ0) is 21.1. The molecule has 5 heteroatoms. The Morgan fingerprint density at radius 2 is 1.77 bits per heavy atom. The second-order valence-corrected chi connectivity index (χ2v) is 8.95. The lowest BCUT2D eigenvalue weighted by Gasteiger charge is -2.45. The summed E-state index contributed by atoms with van der Waals surface area (Å²) in [6.45, 7) is 5.14. The zero-order valence-electron chi connectivity index (χ0n) is 18.2. The number of rotatable bonds is 6. The summed E-state index contributed by atoms with van der Waals surface area (Å²) in [6.07, 6.45) is 7.53. The average molecular weight is 408 g/mol. The topological polar surface area (TPSA) is 54.3 Å². The van der Waals surface area contributed by atoms with Gasteiger partial charge < -0.3 is 14.8 Å². The first-order valence-electron chi connectivity index (χ1n) is 11.4. The molecule has 1 unspecified atom stereocenters. The van der Waals surface area contributed by atoms with Crippen molar-refractivity contribution in [3.05, 3.63) is 48.2 Å². The first-order chi connectivity index (χ1) is 14.5. The summed E-state index contributed by atoms with van der Waals surface area (Å²) in [5.74, 6) is -0.0598. The normalized spacial score (nSPS) is 22.1. The molecule has 1 saturated carbocycles. The SMILES string of the molecule is CCCCN1C(=O)c2ccc(-c3ccccc3)n2CC1(C)C(=O)NC1CCCCC1. The van der Waals surface area contributed by atoms with Crippen molar-refractivity contribution in [3.8, 4) is 11.3 Å². The molecule has 2 amide bonds. The molecular formula is C25H33N3O2. The number of amides is 2. The fraction of sp³-hybridized carbons (Fsp3) is 0.520. The van der Waals surface area contributed by atoms with E-state index in [4.69, 9.17) is 0 Å². The molecule has 1 aliphatic heterocycles. The number of hydrogen-bond acceptors (Lipinski definition) is 2. The first kappa shape index (κ1) is 20.7. The second kappa shape index (κ2) is 8.66. The largest absolute Gasteiger partial charge is 0.351 e. The Kier molecular flexibility index (Phi) is 5.98. The predicted octanol–water partition coefficient (Wildman–Crippen LogP) is 4.62. The molecule has 30 heavy (non-hydrogen) atoms. The third-order valence-corrected chi connectivity index (χ3v) is 6.74. The predicted molar refractivity (Wildman–Crippen MR) is 119 cm³/mol. The van der Waals surface area contributed by atoms with Gasteiger partial charge in [0.05, 0.1) is 6.54 Å². The second-order valence-electron chi connectivity index (χ2n) is 8.95. The maximum Gasteiger partial charge on any atom is 0.271 e. The molecule has 1 aliphatic carbocycles. The number of hydrogen-bond donors (Lipinski definition) is 1. The van der Waals surface area contributed by atoms with E-state index in [0.29, 0.717) is 18.8 Å². The van der Waals surface area contributed by atoms with Crippen molar-refractivity contribution in [1.82, 2.24) is 14.8 Å². The van der Waals surface area contributed by atoms with Gasteiger partial charge in [0, 0.05) is 18.3 Å². The number of nitrogens with zero attached hydrogens (tertiary/aromatic N) is 2. The number of fused-ring (bicyclic) bond motifs is 1. The van der Waals surface area contributed by atoms with Crippen molar-refractivity contribution in [3.63, 3.8) is 0 Å². The van der Waals surface area contributed by atoms with Crippen LogP contribution in [0.3, 0.4) is 0 Å². The van der Waals surface area contributed by atoms with Crippen molar-refractivity contribution >= 4 is 11.8 Å². The van der Waals surface area contributed by atoms with Crippen LogP contribution in [0.5, 0.6) is 0 Å². The third-order valence-electron chi connectivity index (χ3n) is 6.74. The van der Waals surface area contributed by atoms with Crippen LogP contribution >= 0.6 is 0 Å². The summed E-state index contributed by atoms with van der Waals surface area (Å²) >= 11 is 0. The van der Waals surface area contributed by atoms with Crippen LogP contribution in [-0.2, 0) is 11.3 Å². The van der Waals surface area contributed by atoms with Crippen molar-refractivity contribution < 1.29 is 9.59 Å². The van der Waals surface area contributed by atoms with Crippen LogP contribution in [0.25, 0.3) is 11.3 Å². The molecule has 1 aromatic carbocycles. The van der Waals surface area contributed by atoms with Gasteiger partial charge >= 0.3 is 0 Å². The number of carbonyl (C=O) groups is 2. The number of aromatic nitrogens is 1. The Morgan fingerprint density at radius 1 is 1.07 bits per heavy atom. The van der Waals surface area contributed by atoms with Gasteiger partial charge in [-0.15, -0.1) is 0 Å². The fourth-order valence-electron chi connectivity index (χ4n) is 4.89. The fourth-order valence-corrected chi connectivity index (χ4v) is 4.89. The maximum atomic E-state index is 13.6. The van der Waals surface area contributed by atoms with Crippen LogP contribution in [-0.4, -0.2) is 39.4 Å². The van der Waals surface area contributed by atoms with Crippen molar-refractivity contribution in [1.29, 1.82) is 0 Å². The molecule has 160 valence electrons. The number of carbonyl (C=O) groups excluding carboxylic acids is 2. The number of benzene rings is 1. The van der Waals surface area contributed by atoms with E-state index in [0.717, 1.165) is 36.9 Å². The van der Waals surface area contributed by atoms with Gasteiger partial charge in [-0.1, -0.05) is 62.9 Å². The highest BCUT2D eigenvalue weighted by Crippen LogP contribution is 2.33. The molecular weight excluding hydrogens is 374 g/mol. The van der Waals surface area contributed by atoms with E-state index in [1.165, 1.54) is 19.3 Å². The van der Waals surface area contributed by atoms with Crippen molar-refractivity contribution in [2.75, 3.05) is 6.54 Å². The summed E-state index contributed by atoms with van der Waals surface area (Å²) < 4.78 is 2.04. The Balaban J connectivity index is 1.69. The van der Waals surface area contributed by atoms with E-state index in [2.05, 4.69) is 24.4 Å². The maximum absolute atomic E-state index is 13.6. The van der Waals surface area contributed by atoms with Crippen LogP contribution in [0.2, 0.25) is 0 Å². The Hall–Kier alpha value is -2.56. The summed E-state index contributed by atoms with van der Waals surface area (Å²) in [4.78, 5) is 28.9. The van der Waals surface area contributed by atoms with Gasteiger partial charge in [-0.05, 0) is 43.9 Å². The summed E-state index contributed by atoms with van der Waals surface area (Å²) in [6, 6.07) is 14.2. The third kappa shape index (κ3) is 3.78. The molecule has 0 bridgehead atoms. The molecule has 1 fully saturated rings. The monoisotopic (exact) mass is 407 g/mol. The minimum Gasteiger partial charge on any atom is -0.351 e. The van der Waals surface area contributed by atoms with E-state index in [1.54, 1.807) is 0 Å². The molecule has 1 N–H and O–H groups in total. The quantitative estimate of drug-likeness (QED) is 0.760. The standard InChI is InChI=1S/C25H33N3O2/c1-3-4-17-28-23(29)22-16-15-21(19-11-7-5-8-12-19)27(22)18-25(28,2)24(30)26-20-13-9-6-10-14-20/h5,7-8,11-12,15-16,20H,3-4,6,9-10,13-14,17-18H2,1-2H3,(H,26,30). The lowest BCUT2D eigenvalue weighted by Crippen LogP contribution is -2.65. The average Bonchev–Trinajstić information content (AvgIpc) is 3.18. The molecule has 1 atom stereocenters. The highest BCUT2D eigenvalue weighted by Gasteiger charge is 2.47. The minimum absolute atomic E-state index is 0.0165. The van der Waals surface area contributed by atoms with Gasteiger partial charge in [0.1, 0.15) is 11.2 Å². The van der Waals surface area contributed by atoms with Crippen LogP contribution < -0.4 is 5.32 Å². The molecule has 0 spiro atoms. The molecule has 0 radical (unpaired) electrons. The minimum atomic E-state index is -0.890. The highest BCUT2D eigenvalue weighted by molar-refractivity contribution is 6.00. The van der Waals surface area contributed by atoms with Crippen LogP contribution in [0.1, 0.15) is 69.3 Å². The molecule has 2 aliphatic rings. The van der Waals surface area contributed by atoms with E-state index in [1.807, 2.05) is 46.7 Å². The number of unbranched alkanes of at least 4 members (excludes halogenated alkanes) is 1. The van der Waals surface area contributed by atoms with Gasteiger partial charge in [0.25, 0.3) is 5.91 Å². The van der Waals surface area contributed by atoms with Gasteiger partial charge in [-0.2, -0.15) is 0 Å². The van der Waals surface area contributed by atoms with E-state index in [-0.39, 0.29) is 17.9 Å². The smallest absolute Gasteiger partial charge is 0.271 e. The lowest BCUT2D eigenvalue weighted by atomic mass is 9.91. The molecule has 0 saturated heterocycles. The summed E-state index contributed by atoms with van der Waals surface area (Å²) in [5, 5.41) is 3.29. The van der Waals surface area contributed by atoms with E-state index in [9.17, 15) is 9.59 Å². The van der Waals surface area contributed by atoms with E-state index < -0.39 is 5.54 Å². The van der Waals surface area contributed by atoms with E-state index >= 15 is 0 Å². The molecule has 5 nitrogen and oxygen atoms in total. The summed E-state index contributed by atoms with van der Waals surface area (Å²) in [7, 11) is 0. The van der Waals surface area contributed by atoms with Crippen molar-refractivity contribution in [2.45, 2.75) is 76.9 Å².